The third-order valence-electron chi connectivity index (χ3n) is 4.00. The fourth-order valence-electron chi connectivity index (χ4n) is 2.48. The molecular formula is C12H24N2O2S. The molecule has 100 valence electrons. The minimum absolute atomic E-state index is 0.251. The highest BCUT2D eigenvalue weighted by atomic mass is 32.2. The average Bonchev–Trinajstić information content (AvgIpc) is 3.15. The molecule has 2 fully saturated rings. The molecule has 0 heterocycles. The van der Waals surface area contributed by atoms with Gasteiger partial charge in [0.15, 0.2) is 0 Å². The van der Waals surface area contributed by atoms with Gasteiger partial charge in [0.25, 0.3) is 0 Å². The van der Waals surface area contributed by atoms with E-state index < -0.39 is 10.0 Å². The maximum atomic E-state index is 11.8. The van der Waals surface area contributed by atoms with E-state index in [9.17, 15) is 8.42 Å². The van der Waals surface area contributed by atoms with Gasteiger partial charge in [0, 0.05) is 6.54 Å². The Kier molecular flexibility index (Phi) is 4.10. The summed E-state index contributed by atoms with van der Waals surface area (Å²) in [5, 5.41) is 3.14. The van der Waals surface area contributed by atoms with Crippen LogP contribution in [0.1, 0.15) is 39.0 Å². The molecule has 2 aliphatic rings. The second-order valence-electron chi connectivity index (χ2n) is 5.48. The quantitative estimate of drug-likeness (QED) is 0.610. The molecule has 4 nitrogen and oxygen atoms in total. The van der Waals surface area contributed by atoms with Gasteiger partial charge in [0.2, 0.25) is 10.0 Å². The van der Waals surface area contributed by atoms with E-state index in [0.29, 0.717) is 18.4 Å². The summed E-state index contributed by atoms with van der Waals surface area (Å²) < 4.78 is 26.3. The van der Waals surface area contributed by atoms with Crippen LogP contribution < -0.4 is 10.0 Å². The van der Waals surface area contributed by atoms with E-state index in [1.165, 1.54) is 25.7 Å². The molecule has 0 unspecified atom stereocenters. The van der Waals surface area contributed by atoms with E-state index >= 15 is 0 Å². The Morgan fingerprint density at radius 2 is 2.00 bits per heavy atom. The minimum Gasteiger partial charge on any atom is -0.317 e. The van der Waals surface area contributed by atoms with E-state index in [4.69, 9.17) is 0 Å². The topological polar surface area (TPSA) is 58.2 Å². The highest BCUT2D eigenvalue weighted by Crippen LogP contribution is 2.60. The van der Waals surface area contributed by atoms with Crippen LogP contribution in [0, 0.1) is 11.3 Å². The summed E-state index contributed by atoms with van der Waals surface area (Å²) >= 11 is 0. The standard InChI is InChI=1S/C12H24N2O2S/c1-2-13-8-3-9-17(15,16)14-10-12(6-7-12)11-4-5-11/h11,13-14H,2-10H2,1H3. The van der Waals surface area contributed by atoms with Gasteiger partial charge in [-0.1, -0.05) is 6.92 Å². The summed E-state index contributed by atoms with van der Waals surface area (Å²) in [5.41, 5.74) is 0.356. The lowest BCUT2D eigenvalue weighted by atomic mass is 10.0. The first kappa shape index (κ1) is 13.3. The lowest BCUT2D eigenvalue weighted by molar-refractivity contribution is 0.431. The molecule has 17 heavy (non-hydrogen) atoms. The van der Waals surface area contributed by atoms with Gasteiger partial charge in [-0.2, -0.15) is 0 Å². The van der Waals surface area contributed by atoms with Gasteiger partial charge in [-0.3, -0.25) is 0 Å². The summed E-state index contributed by atoms with van der Waals surface area (Å²) in [7, 11) is -3.05. The number of rotatable bonds is 9. The molecule has 0 saturated heterocycles. The van der Waals surface area contributed by atoms with Crippen molar-refractivity contribution in [1.29, 1.82) is 0 Å². The largest absolute Gasteiger partial charge is 0.317 e. The normalized spacial score (nSPS) is 22.6. The Morgan fingerprint density at radius 1 is 1.29 bits per heavy atom. The van der Waals surface area contributed by atoms with Gasteiger partial charge >= 0.3 is 0 Å². The smallest absolute Gasteiger partial charge is 0.211 e. The van der Waals surface area contributed by atoms with Crippen LogP contribution in [-0.4, -0.2) is 33.8 Å². The van der Waals surface area contributed by atoms with E-state index in [2.05, 4.69) is 10.0 Å². The molecule has 2 N–H and O–H groups in total. The van der Waals surface area contributed by atoms with Gasteiger partial charge in [-0.15, -0.1) is 0 Å². The van der Waals surface area contributed by atoms with Crippen molar-refractivity contribution in [1.82, 2.24) is 10.0 Å². The summed E-state index contributed by atoms with van der Waals surface area (Å²) in [4.78, 5) is 0. The van der Waals surface area contributed by atoms with Crippen molar-refractivity contribution >= 4 is 10.0 Å². The van der Waals surface area contributed by atoms with Crippen LogP contribution in [0.3, 0.4) is 0 Å². The van der Waals surface area contributed by atoms with Gasteiger partial charge in [-0.05, 0) is 56.5 Å². The van der Waals surface area contributed by atoms with Crippen molar-refractivity contribution in [2.75, 3.05) is 25.4 Å². The number of sulfonamides is 1. The summed E-state index contributed by atoms with van der Waals surface area (Å²) in [6.07, 6.45) is 5.75. The summed E-state index contributed by atoms with van der Waals surface area (Å²) in [6.45, 7) is 4.39. The molecule has 0 atom stereocenters. The van der Waals surface area contributed by atoms with Crippen LogP contribution in [0.25, 0.3) is 0 Å². The maximum Gasteiger partial charge on any atom is 0.211 e. The molecule has 0 aromatic rings. The van der Waals surface area contributed by atoms with Gasteiger partial charge < -0.3 is 5.32 Å². The van der Waals surface area contributed by atoms with Crippen LogP contribution in [0.15, 0.2) is 0 Å². The number of hydrogen-bond donors (Lipinski definition) is 2. The fraction of sp³-hybridized carbons (Fsp3) is 1.00. The molecular weight excluding hydrogens is 236 g/mol. The van der Waals surface area contributed by atoms with E-state index in [0.717, 1.165) is 19.0 Å². The second-order valence-corrected chi connectivity index (χ2v) is 7.41. The first-order valence-electron chi connectivity index (χ1n) is 6.76. The lowest BCUT2D eigenvalue weighted by Crippen LogP contribution is -2.33. The molecule has 2 aliphatic carbocycles. The first-order valence-corrected chi connectivity index (χ1v) is 8.41. The zero-order chi connectivity index (χ0) is 12.4. The third kappa shape index (κ3) is 3.93. The van der Waals surface area contributed by atoms with Crippen molar-refractivity contribution in [2.24, 2.45) is 11.3 Å². The zero-order valence-electron chi connectivity index (χ0n) is 10.7. The summed E-state index contributed by atoms with van der Waals surface area (Å²) in [5.74, 6) is 1.06. The van der Waals surface area contributed by atoms with Crippen molar-refractivity contribution in [3.05, 3.63) is 0 Å². The van der Waals surface area contributed by atoms with E-state index in [1.54, 1.807) is 0 Å². The average molecular weight is 260 g/mol. The van der Waals surface area contributed by atoms with Crippen LogP contribution in [-0.2, 0) is 10.0 Å². The zero-order valence-corrected chi connectivity index (χ0v) is 11.5. The van der Waals surface area contributed by atoms with Crippen molar-refractivity contribution in [3.63, 3.8) is 0 Å². The molecule has 0 spiro atoms. The summed E-state index contributed by atoms with van der Waals surface area (Å²) in [6, 6.07) is 0. The lowest BCUT2D eigenvalue weighted by Gasteiger charge is -2.15. The van der Waals surface area contributed by atoms with Crippen LogP contribution >= 0.6 is 0 Å². The Bertz CT molecular complexity index is 346. The molecule has 0 aliphatic heterocycles. The fourth-order valence-corrected chi connectivity index (χ4v) is 3.65. The SMILES string of the molecule is CCNCCCS(=O)(=O)NCC1(C2CC2)CC1. The predicted octanol–water partition coefficient (Wildman–Crippen LogP) is 1.10. The molecule has 0 bridgehead atoms. The number of hydrogen-bond acceptors (Lipinski definition) is 3. The van der Waals surface area contributed by atoms with Crippen molar-refractivity contribution in [3.8, 4) is 0 Å². The highest BCUT2D eigenvalue weighted by molar-refractivity contribution is 7.89. The molecule has 2 saturated carbocycles. The Hall–Kier alpha value is -0.130. The van der Waals surface area contributed by atoms with Crippen LogP contribution in [0.5, 0.6) is 0 Å². The Balaban J connectivity index is 1.66. The maximum absolute atomic E-state index is 11.8. The Morgan fingerprint density at radius 3 is 2.53 bits per heavy atom. The van der Waals surface area contributed by atoms with Crippen LogP contribution in [0.2, 0.25) is 0 Å². The van der Waals surface area contributed by atoms with Gasteiger partial charge in [0.05, 0.1) is 5.75 Å². The second kappa shape index (κ2) is 5.24. The van der Waals surface area contributed by atoms with Crippen molar-refractivity contribution in [2.45, 2.75) is 39.0 Å². The number of nitrogens with one attached hydrogen (secondary N) is 2. The van der Waals surface area contributed by atoms with Gasteiger partial charge in [-0.25, -0.2) is 13.1 Å². The predicted molar refractivity (Wildman–Crippen MR) is 69.3 cm³/mol. The molecule has 0 aromatic carbocycles. The molecule has 0 aromatic heterocycles. The van der Waals surface area contributed by atoms with E-state index in [1.807, 2.05) is 6.92 Å². The molecule has 0 radical (unpaired) electrons. The van der Waals surface area contributed by atoms with Gasteiger partial charge in [0.1, 0.15) is 0 Å². The molecule has 2 rings (SSSR count). The highest BCUT2D eigenvalue weighted by Gasteiger charge is 2.53. The molecule has 5 heteroatoms. The molecule has 0 amide bonds. The van der Waals surface area contributed by atoms with E-state index in [-0.39, 0.29) is 5.75 Å². The minimum atomic E-state index is -3.05. The monoisotopic (exact) mass is 260 g/mol. The van der Waals surface area contributed by atoms with Crippen LogP contribution in [0.4, 0.5) is 0 Å². The van der Waals surface area contributed by atoms with Crippen molar-refractivity contribution < 1.29 is 8.42 Å². The third-order valence-corrected chi connectivity index (χ3v) is 5.41. The first-order chi connectivity index (χ1) is 8.08. The Labute approximate surface area is 105 Å².